The van der Waals surface area contributed by atoms with E-state index in [2.05, 4.69) is 16.2 Å². The summed E-state index contributed by atoms with van der Waals surface area (Å²) in [6.07, 6.45) is 0. The molecule has 3 N–H and O–H groups in total. The van der Waals surface area contributed by atoms with Crippen LogP contribution in [0.3, 0.4) is 0 Å². The zero-order valence-corrected chi connectivity index (χ0v) is 13.7. The lowest BCUT2D eigenvalue weighted by atomic mass is 10.2. The van der Waals surface area contributed by atoms with E-state index in [1.807, 2.05) is 0 Å². The fourth-order valence-electron chi connectivity index (χ4n) is 2.03. The molecular weight excluding hydrogens is 364 g/mol. The van der Waals surface area contributed by atoms with E-state index in [4.69, 9.17) is 0 Å². The van der Waals surface area contributed by atoms with Crippen molar-refractivity contribution in [3.8, 4) is 0 Å². The van der Waals surface area contributed by atoms with Crippen LogP contribution in [-0.2, 0) is 0 Å². The van der Waals surface area contributed by atoms with Gasteiger partial charge in [-0.2, -0.15) is 0 Å². The lowest BCUT2D eigenvalue weighted by Gasteiger charge is -2.11. The maximum Gasteiger partial charge on any atom is 0.337 e. The van der Waals surface area contributed by atoms with Crippen molar-refractivity contribution in [2.45, 2.75) is 6.92 Å². The van der Waals surface area contributed by atoms with Gasteiger partial charge in [-0.05, 0) is 18.6 Å². The Kier molecular flexibility index (Phi) is 5.45. The average molecular weight is 376 g/mol. The molecule has 0 bridgehead atoms. The summed E-state index contributed by atoms with van der Waals surface area (Å²) in [6.45, 7) is 1.62. The summed E-state index contributed by atoms with van der Waals surface area (Å²) in [4.78, 5) is 42.2. The summed E-state index contributed by atoms with van der Waals surface area (Å²) < 4.78 is 0. The first kappa shape index (κ1) is 19.0. The molecular formula is C14H12N6O7. The zero-order valence-electron chi connectivity index (χ0n) is 13.7. The lowest BCUT2D eigenvalue weighted by Crippen LogP contribution is -2.34. The monoisotopic (exact) mass is 376 g/mol. The molecule has 0 aliphatic heterocycles. The number of hydrogen-bond acceptors (Lipinski definition) is 8. The van der Waals surface area contributed by atoms with Crippen LogP contribution in [0.25, 0.3) is 0 Å². The van der Waals surface area contributed by atoms with Crippen LogP contribution in [0.4, 0.5) is 33.2 Å². The van der Waals surface area contributed by atoms with E-state index < -0.39 is 32.2 Å². The van der Waals surface area contributed by atoms with Crippen LogP contribution >= 0.6 is 0 Å². The number of non-ortho nitro benzene ring substituents is 2. The Hall–Kier alpha value is -4.29. The van der Waals surface area contributed by atoms with E-state index in [1.54, 1.807) is 6.92 Å². The number of nitro groups is 3. The SMILES string of the molecule is Cc1ccc([N+](=O)[O-])cc1NC(=O)NNc1ccc([N+](=O)[O-])cc1[N+](=O)[O-]. The Morgan fingerprint density at radius 1 is 0.852 bits per heavy atom. The highest BCUT2D eigenvalue weighted by Gasteiger charge is 2.20. The molecule has 27 heavy (non-hydrogen) atoms. The normalized spacial score (nSPS) is 9.96. The molecule has 13 heteroatoms. The molecule has 140 valence electrons. The number of anilines is 2. The second-order valence-electron chi connectivity index (χ2n) is 5.18. The van der Waals surface area contributed by atoms with Crippen molar-refractivity contribution in [1.82, 2.24) is 5.43 Å². The number of nitrogens with zero attached hydrogens (tertiary/aromatic N) is 3. The smallest absolute Gasteiger partial charge is 0.306 e. The van der Waals surface area contributed by atoms with Gasteiger partial charge in [-0.25, -0.2) is 4.79 Å². The lowest BCUT2D eigenvalue weighted by molar-refractivity contribution is -0.393. The first-order valence-electron chi connectivity index (χ1n) is 7.20. The minimum absolute atomic E-state index is 0.168. The fraction of sp³-hybridized carbons (Fsp3) is 0.0714. The molecule has 0 aliphatic carbocycles. The number of carbonyl (C=O) groups excluding carboxylic acids is 1. The van der Waals surface area contributed by atoms with E-state index in [-0.39, 0.29) is 17.1 Å². The highest BCUT2D eigenvalue weighted by atomic mass is 16.6. The number of carbonyl (C=O) groups is 1. The summed E-state index contributed by atoms with van der Waals surface area (Å²) in [7, 11) is 0. The van der Waals surface area contributed by atoms with E-state index >= 15 is 0 Å². The van der Waals surface area contributed by atoms with Gasteiger partial charge in [0.05, 0.1) is 26.5 Å². The van der Waals surface area contributed by atoms with Gasteiger partial charge in [-0.1, -0.05) is 6.07 Å². The number of hydrazine groups is 1. The molecule has 0 heterocycles. The first-order valence-corrected chi connectivity index (χ1v) is 7.20. The van der Waals surface area contributed by atoms with Crippen molar-refractivity contribution < 1.29 is 19.6 Å². The third-order valence-corrected chi connectivity index (χ3v) is 3.38. The van der Waals surface area contributed by atoms with E-state index in [0.717, 1.165) is 24.3 Å². The average Bonchev–Trinajstić information content (AvgIpc) is 2.61. The molecule has 0 fully saturated rings. The number of aryl methyl sites for hydroxylation is 1. The number of rotatable bonds is 6. The van der Waals surface area contributed by atoms with Gasteiger partial charge >= 0.3 is 11.7 Å². The quantitative estimate of drug-likeness (QED) is 0.507. The number of urea groups is 1. The molecule has 2 amide bonds. The van der Waals surface area contributed by atoms with Crippen LogP contribution in [0.15, 0.2) is 36.4 Å². The topological polar surface area (TPSA) is 183 Å². The molecule has 13 nitrogen and oxygen atoms in total. The molecule has 2 rings (SSSR count). The van der Waals surface area contributed by atoms with Gasteiger partial charge in [-0.15, -0.1) is 0 Å². The molecule has 0 saturated carbocycles. The third-order valence-electron chi connectivity index (χ3n) is 3.38. The summed E-state index contributed by atoms with van der Waals surface area (Å²) in [5.41, 5.74) is 3.61. The zero-order chi connectivity index (χ0) is 20.1. The van der Waals surface area contributed by atoms with Gasteiger partial charge in [0.2, 0.25) is 0 Å². The Morgan fingerprint density at radius 3 is 2.04 bits per heavy atom. The second-order valence-corrected chi connectivity index (χ2v) is 5.18. The van der Waals surface area contributed by atoms with Gasteiger partial charge < -0.3 is 5.32 Å². The first-order chi connectivity index (χ1) is 12.7. The van der Waals surface area contributed by atoms with Crippen molar-refractivity contribution in [3.05, 3.63) is 72.3 Å². The van der Waals surface area contributed by atoms with Crippen molar-refractivity contribution in [2.75, 3.05) is 10.7 Å². The van der Waals surface area contributed by atoms with Crippen LogP contribution in [0.2, 0.25) is 0 Å². The number of nitro benzene ring substituents is 3. The number of benzene rings is 2. The Balaban J connectivity index is 2.12. The predicted octanol–water partition coefficient (Wildman–Crippen LogP) is 2.87. The molecule has 0 unspecified atom stereocenters. The molecule has 0 radical (unpaired) electrons. The Bertz CT molecular complexity index is 946. The predicted molar refractivity (Wildman–Crippen MR) is 93.4 cm³/mol. The maximum absolute atomic E-state index is 11.9. The minimum Gasteiger partial charge on any atom is -0.306 e. The molecule has 0 aliphatic rings. The number of hydrogen-bond donors (Lipinski definition) is 3. The van der Waals surface area contributed by atoms with E-state index in [0.29, 0.717) is 5.56 Å². The molecule has 0 spiro atoms. The number of nitrogens with one attached hydrogen (secondary N) is 3. The van der Waals surface area contributed by atoms with Crippen molar-refractivity contribution in [1.29, 1.82) is 0 Å². The third kappa shape index (κ3) is 4.62. The minimum atomic E-state index is -0.855. The van der Waals surface area contributed by atoms with Crippen molar-refractivity contribution in [2.24, 2.45) is 0 Å². The van der Waals surface area contributed by atoms with Crippen LogP contribution in [-0.4, -0.2) is 20.8 Å². The highest BCUT2D eigenvalue weighted by molar-refractivity contribution is 5.91. The van der Waals surface area contributed by atoms with Gasteiger partial charge in [-0.3, -0.25) is 41.2 Å². The molecule has 0 atom stereocenters. The molecule has 2 aromatic rings. The Labute approximate surface area is 150 Å². The largest absolute Gasteiger partial charge is 0.337 e. The summed E-state index contributed by atoms with van der Waals surface area (Å²) >= 11 is 0. The van der Waals surface area contributed by atoms with Crippen molar-refractivity contribution >= 4 is 34.5 Å². The van der Waals surface area contributed by atoms with Gasteiger partial charge in [0.15, 0.2) is 0 Å². The van der Waals surface area contributed by atoms with Gasteiger partial charge in [0, 0.05) is 18.2 Å². The van der Waals surface area contributed by atoms with Crippen LogP contribution in [0.5, 0.6) is 0 Å². The Morgan fingerprint density at radius 2 is 1.44 bits per heavy atom. The molecule has 0 aromatic heterocycles. The van der Waals surface area contributed by atoms with Crippen LogP contribution < -0.4 is 16.2 Å². The summed E-state index contributed by atoms with van der Waals surface area (Å²) in [5, 5.41) is 34.9. The van der Waals surface area contributed by atoms with Crippen LogP contribution in [0, 0.1) is 37.3 Å². The van der Waals surface area contributed by atoms with Crippen molar-refractivity contribution in [3.63, 3.8) is 0 Å². The van der Waals surface area contributed by atoms with Gasteiger partial charge in [0.25, 0.3) is 11.4 Å². The standard InChI is InChI=1S/C14H12N6O7/c1-8-2-3-9(18(22)23)6-12(8)15-14(21)17-16-11-5-4-10(19(24)25)7-13(11)20(26)27/h2-7,16H,1H3,(H2,15,17,21). The second kappa shape index (κ2) is 7.73. The van der Waals surface area contributed by atoms with Gasteiger partial charge in [0.1, 0.15) is 5.69 Å². The maximum atomic E-state index is 11.9. The van der Waals surface area contributed by atoms with E-state index in [9.17, 15) is 35.1 Å². The number of amides is 2. The summed E-state index contributed by atoms with van der Waals surface area (Å²) in [5.74, 6) is 0. The molecule has 2 aromatic carbocycles. The summed E-state index contributed by atoms with van der Waals surface area (Å²) in [6, 6.07) is 5.86. The highest BCUT2D eigenvalue weighted by Crippen LogP contribution is 2.28. The van der Waals surface area contributed by atoms with Crippen LogP contribution in [0.1, 0.15) is 5.56 Å². The fourth-order valence-corrected chi connectivity index (χ4v) is 2.03. The van der Waals surface area contributed by atoms with E-state index in [1.165, 1.54) is 12.1 Å². The molecule has 0 saturated heterocycles.